The van der Waals surface area contributed by atoms with E-state index in [1.54, 1.807) is 0 Å². The number of hydrogen-bond acceptors (Lipinski definition) is 4. The highest BCUT2D eigenvalue weighted by molar-refractivity contribution is 5.40. The summed E-state index contributed by atoms with van der Waals surface area (Å²) < 4.78 is 2.08. The smallest absolute Gasteiger partial charge is 0.0991 e. The third-order valence-corrected chi connectivity index (χ3v) is 5.05. The largest absolute Gasteiger partial charge is 0.310 e. The van der Waals surface area contributed by atoms with E-state index in [0.29, 0.717) is 6.04 Å². The van der Waals surface area contributed by atoms with Crippen molar-refractivity contribution in [2.45, 2.75) is 32.0 Å². The molecule has 1 aliphatic rings. The molecule has 0 aliphatic carbocycles. The monoisotopic (exact) mass is 347 g/mol. The van der Waals surface area contributed by atoms with E-state index in [-0.39, 0.29) is 0 Å². The zero-order valence-electron chi connectivity index (χ0n) is 15.0. The molecule has 0 amide bonds. The van der Waals surface area contributed by atoms with E-state index < -0.39 is 0 Å². The van der Waals surface area contributed by atoms with Crippen LogP contribution in [-0.4, -0.2) is 38.6 Å². The maximum atomic E-state index is 4.44. The van der Waals surface area contributed by atoms with Crippen LogP contribution < -0.4 is 5.32 Å². The summed E-state index contributed by atoms with van der Waals surface area (Å²) in [5.41, 5.74) is 3.67. The van der Waals surface area contributed by atoms with Gasteiger partial charge in [-0.1, -0.05) is 24.3 Å². The first-order valence-corrected chi connectivity index (χ1v) is 9.30. The van der Waals surface area contributed by atoms with Crippen molar-refractivity contribution < 1.29 is 0 Å². The Bertz CT molecular complexity index is 792. The van der Waals surface area contributed by atoms with Gasteiger partial charge in [-0.25, -0.2) is 4.98 Å². The summed E-state index contributed by atoms with van der Waals surface area (Å²) >= 11 is 0. The standard InChI is InChI=1S/C21H25N5/c1-2-7-21(26-14-11-22-17-26)18(5-1)15-24-19-8-12-25(13-9-19)16-20-6-3-4-10-23-20/h1-7,10-11,14,17,19,24H,8-9,12-13,15-16H2. The van der Waals surface area contributed by atoms with E-state index in [4.69, 9.17) is 0 Å². The Kier molecular flexibility index (Phi) is 5.38. The van der Waals surface area contributed by atoms with E-state index in [9.17, 15) is 0 Å². The van der Waals surface area contributed by atoms with Crippen LogP contribution in [0.15, 0.2) is 67.4 Å². The normalized spacial score (nSPS) is 16.0. The van der Waals surface area contributed by atoms with Crippen molar-refractivity contribution in [2.75, 3.05) is 13.1 Å². The van der Waals surface area contributed by atoms with E-state index in [0.717, 1.165) is 31.9 Å². The summed E-state index contributed by atoms with van der Waals surface area (Å²) in [6.07, 6.45) is 9.91. The van der Waals surface area contributed by atoms with Crippen LogP contribution in [0.3, 0.4) is 0 Å². The number of rotatable bonds is 6. The van der Waals surface area contributed by atoms with Crippen LogP contribution >= 0.6 is 0 Å². The average Bonchev–Trinajstić information content (AvgIpc) is 3.23. The Morgan fingerprint density at radius 2 is 1.85 bits per heavy atom. The second kappa shape index (κ2) is 8.25. The molecular formula is C21H25N5. The molecule has 0 bridgehead atoms. The zero-order chi connectivity index (χ0) is 17.6. The number of nitrogens with one attached hydrogen (secondary N) is 1. The number of para-hydroxylation sites is 1. The summed E-state index contributed by atoms with van der Waals surface area (Å²) in [7, 11) is 0. The highest BCUT2D eigenvalue weighted by atomic mass is 15.1. The average molecular weight is 347 g/mol. The lowest BCUT2D eigenvalue weighted by Crippen LogP contribution is -2.42. The van der Waals surface area contributed by atoms with E-state index in [2.05, 4.69) is 61.1 Å². The Morgan fingerprint density at radius 3 is 2.62 bits per heavy atom. The SMILES string of the molecule is c1ccc(CN2CCC(NCc3ccccc3-n3ccnc3)CC2)nc1. The molecule has 3 aromatic rings. The number of likely N-dealkylation sites (tertiary alicyclic amines) is 1. The molecule has 3 heterocycles. The Morgan fingerprint density at radius 1 is 1.00 bits per heavy atom. The molecule has 1 fully saturated rings. The fourth-order valence-electron chi connectivity index (χ4n) is 3.58. The maximum Gasteiger partial charge on any atom is 0.0991 e. The lowest BCUT2D eigenvalue weighted by Gasteiger charge is -2.32. The lowest BCUT2D eigenvalue weighted by molar-refractivity contribution is 0.188. The van der Waals surface area contributed by atoms with Crippen molar-refractivity contribution in [3.05, 3.63) is 78.6 Å². The summed E-state index contributed by atoms with van der Waals surface area (Å²) in [4.78, 5) is 11.1. The van der Waals surface area contributed by atoms with Crippen LogP contribution in [0.4, 0.5) is 0 Å². The predicted molar refractivity (Wildman–Crippen MR) is 103 cm³/mol. The number of hydrogen-bond donors (Lipinski definition) is 1. The maximum absolute atomic E-state index is 4.44. The number of aromatic nitrogens is 3. The first-order chi connectivity index (χ1) is 12.9. The van der Waals surface area contributed by atoms with Crippen LogP contribution in [0, 0.1) is 0 Å². The number of imidazole rings is 1. The molecule has 5 nitrogen and oxygen atoms in total. The molecule has 1 N–H and O–H groups in total. The van der Waals surface area contributed by atoms with Crippen molar-refractivity contribution in [2.24, 2.45) is 0 Å². The second-order valence-corrected chi connectivity index (χ2v) is 6.85. The summed E-state index contributed by atoms with van der Waals surface area (Å²) in [6.45, 7) is 4.09. The van der Waals surface area contributed by atoms with Crippen molar-refractivity contribution in [1.82, 2.24) is 24.8 Å². The van der Waals surface area contributed by atoms with Gasteiger partial charge in [0.05, 0.1) is 17.7 Å². The van der Waals surface area contributed by atoms with Crippen LogP contribution in [0.25, 0.3) is 5.69 Å². The second-order valence-electron chi connectivity index (χ2n) is 6.85. The summed E-state index contributed by atoms with van der Waals surface area (Å²) in [6, 6.07) is 15.2. The van der Waals surface area contributed by atoms with Crippen molar-refractivity contribution >= 4 is 0 Å². The quantitative estimate of drug-likeness (QED) is 0.744. The van der Waals surface area contributed by atoms with Gasteiger partial charge in [0.15, 0.2) is 0 Å². The molecule has 1 aliphatic heterocycles. The Labute approximate surface area is 154 Å². The van der Waals surface area contributed by atoms with Crippen molar-refractivity contribution in [1.29, 1.82) is 0 Å². The summed E-state index contributed by atoms with van der Waals surface area (Å²) in [5.74, 6) is 0. The molecule has 0 spiro atoms. The number of pyridine rings is 1. The fraction of sp³-hybridized carbons (Fsp3) is 0.333. The van der Waals surface area contributed by atoms with Crippen LogP contribution in [0.1, 0.15) is 24.1 Å². The third-order valence-electron chi connectivity index (χ3n) is 5.05. The molecule has 1 saturated heterocycles. The van der Waals surface area contributed by atoms with Gasteiger partial charge >= 0.3 is 0 Å². The van der Waals surface area contributed by atoms with Crippen LogP contribution in [0.2, 0.25) is 0 Å². The highest BCUT2D eigenvalue weighted by Crippen LogP contribution is 2.17. The van der Waals surface area contributed by atoms with Crippen LogP contribution in [0.5, 0.6) is 0 Å². The highest BCUT2D eigenvalue weighted by Gasteiger charge is 2.19. The predicted octanol–water partition coefficient (Wildman–Crippen LogP) is 3.02. The van der Waals surface area contributed by atoms with Gasteiger partial charge < -0.3 is 9.88 Å². The van der Waals surface area contributed by atoms with Gasteiger partial charge in [0, 0.05) is 50.8 Å². The molecule has 134 valence electrons. The topological polar surface area (TPSA) is 46.0 Å². The van der Waals surface area contributed by atoms with Crippen LogP contribution in [-0.2, 0) is 13.1 Å². The molecule has 1 aromatic carbocycles. The van der Waals surface area contributed by atoms with Gasteiger partial charge in [-0.15, -0.1) is 0 Å². The Hall–Kier alpha value is -2.50. The molecule has 0 radical (unpaired) electrons. The van der Waals surface area contributed by atoms with Gasteiger partial charge in [-0.05, 0) is 36.6 Å². The minimum Gasteiger partial charge on any atom is -0.310 e. The van der Waals surface area contributed by atoms with E-state index in [1.807, 2.05) is 31.0 Å². The van der Waals surface area contributed by atoms with Gasteiger partial charge in [0.2, 0.25) is 0 Å². The molecule has 26 heavy (non-hydrogen) atoms. The molecule has 0 saturated carbocycles. The lowest BCUT2D eigenvalue weighted by atomic mass is 10.0. The van der Waals surface area contributed by atoms with Gasteiger partial charge in [-0.3, -0.25) is 9.88 Å². The fourth-order valence-corrected chi connectivity index (χ4v) is 3.58. The van der Waals surface area contributed by atoms with Crippen molar-refractivity contribution in [3.63, 3.8) is 0 Å². The van der Waals surface area contributed by atoms with Gasteiger partial charge in [-0.2, -0.15) is 0 Å². The number of nitrogens with zero attached hydrogens (tertiary/aromatic N) is 4. The number of benzene rings is 1. The molecular weight excluding hydrogens is 322 g/mol. The first-order valence-electron chi connectivity index (χ1n) is 9.30. The third kappa shape index (κ3) is 4.18. The summed E-state index contributed by atoms with van der Waals surface area (Å²) in [5, 5.41) is 3.75. The van der Waals surface area contributed by atoms with Gasteiger partial charge in [0.25, 0.3) is 0 Å². The first kappa shape index (κ1) is 16.9. The van der Waals surface area contributed by atoms with E-state index in [1.165, 1.54) is 24.1 Å². The molecule has 2 aromatic heterocycles. The molecule has 0 atom stereocenters. The minimum atomic E-state index is 0.575. The van der Waals surface area contributed by atoms with Gasteiger partial charge in [0.1, 0.15) is 0 Å². The van der Waals surface area contributed by atoms with Crippen molar-refractivity contribution in [3.8, 4) is 5.69 Å². The zero-order valence-corrected chi connectivity index (χ0v) is 15.0. The number of piperidine rings is 1. The molecule has 5 heteroatoms. The molecule has 0 unspecified atom stereocenters. The molecule has 4 rings (SSSR count). The minimum absolute atomic E-state index is 0.575. The van der Waals surface area contributed by atoms with E-state index >= 15 is 0 Å². The Balaban J connectivity index is 1.29.